The van der Waals surface area contributed by atoms with Gasteiger partial charge in [-0.2, -0.15) is 0 Å². The molecule has 2 rings (SSSR count). The van der Waals surface area contributed by atoms with E-state index in [2.05, 4.69) is 25.2 Å². The minimum atomic E-state index is 0.698. The SMILES string of the molecule is CC(C)C1CC(NCc2ccccc2Cl)C1. The Balaban J connectivity index is 1.76. The first kappa shape index (κ1) is 11.9. The maximum Gasteiger partial charge on any atom is 0.0450 e. The van der Waals surface area contributed by atoms with Crippen LogP contribution in [0.1, 0.15) is 32.3 Å². The molecule has 2 heteroatoms. The van der Waals surface area contributed by atoms with Crippen LogP contribution in [0, 0.1) is 11.8 Å². The van der Waals surface area contributed by atoms with Crippen molar-refractivity contribution in [2.24, 2.45) is 11.8 Å². The summed E-state index contributed by atoms with van der Waals surface area (Å²) in [6.45, 7) is 5.53. The molecule has 1 nitrogen and oxygen atoms in total. The van der Waals surface area contributed by atoms with E-state index in [4.69, 9.17) is 11.6 Å². The van der Waals surface area contributed by atoms with Crippen molar-refractivity contribution >= 4 is 11.6 Å². The van der Waals surface area contributed by atoms with Crippen molar-refractivity contribution in [1.29, 1.82) is 0 Å². The van der Waals surface area contributed by atoms with E-state index < -0.39 is 0 Å². The van der Waals surface area contributed by atoms with E-state index in [0.29, 0.717) is 6.04 Å². The lowest BCUT2D eigenvalue weighted by Gasteiger charge is -2.38. The first-order valence-corrected chi connectivity index (χ1v) is 6.51. The molecular weight excluding hydrogens is 218 g/mol. The molecule has 1 aliphatic carbocycles. The number of halogens is 1. The van der Waals surface area contributed by atoms with Gasteiger partial charge in [0, 0.05) is 17.6 Å². The highest BCUT2D eigenvalue weighted by molar-refractivity contribution is 6.31. The first-order valence-electron chi connectivity index (χ1n) is 6.13. The van der Waals surface area contributed by atoms with E-state index in [1.807, 2.05) is 18.2 Å². The highest BCUT2D eigenvalue weighted by Crippen LogP contribution is 2.33. The van der Waals surface area contributed by atoms with Gasteiger partial charge in [-0.1, -0.05) is 43.6 Å². The van der Waals surface area contributed by atoms with Gasteiger partial charge >= 0.3 is 0 Å². The van der Waals surface area contributed by atoms with Gasteiger partial charge in [0.25, 0.3) is 0 Å². The predicted molar refractivity (Wildman–Crippen MR) is 69.6 cm³/mol. The third-order valence-electron chi connectivity index (χ3n) is 3.66. The fourth-order valence-electron chi connectivity index (χ4n) is 2.27. The van der Waals surface area contributed by atoms with Gasteiger partial charge in [-0.05, 0) is 36.3 Å². The molecule has 1 saturated carbocycles. The number of nitrogens with one attached hydrogen (secondary N) is 1. The van der Waals surface area contributed by atoms with Crippen LogP contribution in [0.15, 0.2) is 24.3 Å². The van der Waals surface area contributed by atoms with Gasteiger partial charge in [0.15, 0.2) is 0 Å². The van der Waals surface area contributed by atoms with Gasteiger partial charge in [-0.25, -0.2) is 0 Å². The molecule has 0 amide bonds. The molecule has 0 radical (unpaired) electrons. The van der Waals surface area contributed by atoms with Gasteiger partial charge < -0.3 is 5.32 Å². The Hall–Kier alpha value is -0.530. The molecule has 1 N–H and O–H groups in total. The zero-order valence-corrected chi connectivity index (χ0v) is 10.8. The molecule has 1 fully saturated rings. The van der Waals surface area contributed by atoms with E-state index in [-0.39, 0.29) is 0 Å². The van der Waals surface area contributed by atoms with Gasteiger partial charge in [-0.3, -0.25) is 0 Å². The van der Waals surface area contributed by atoms with Crippen molar-refractivity contribution in [2.45, 2.75) is 39.3 Å². The van der Waals surface area contributed by atoms with Crippen molar-refractivity contribution in [2.75, 3.05) is 0 Å². The Labute approximate surface area is 103 Å². The van der Waals surface area contributed by atoms with Crippen molar-refractivity contribution in [3.05, 3.63) is 34.9 Å². The van der Waals surface area contributed by atoms with Crippen LogP contribution in [-0.2, 0) is 6.54 Å². The second-order valence-electron chi connectivity index (χ2n) is 5.14. The van der Waals surface area contributed by atoms with E-state index in [1.54, 1.807) is 0 Å². The summed E-state index contributed by atoms with van der Waals surface area (Å²) in [5, 5.41) is 4.45. The molecule has 1 aromatic carbocycles. The lowest BCUT2D eigenvalue weighted by atomic mass is 9.73. The Bertz CT molecular complexity index is 342. The minimum absolute atomic E-state index is 0.698. The van der Waals surface area contributed by atoms with Crippen LogP contribution >= 0.6 is 11.6 Å². The summed E-state index contributed by atoms with van der Waals surface area (Å²) in [4.78, 5) is 0. The highest BCUT2D eigenvalue weighted by Gasteiger charge is 2.30. The molecule has 0 bridgehead atoms. The predicted octanol–water partition coefficient (Wildman–Crippen LogP) is 3.86. The number of rotatable bonds is 4. The largest absolute Gasteiger partial charge is 0.310 e. The van der Waals surface area contributed by atoms with E-state index in [0.717, 1.165) is 23.4 Å². The summed E-state index contributed by atoms with van der Waals surface area (Å²) in [5.74, 6) is 1.75. The van der Waals surface area contributed by atoms with E-state index in [1.165, 1.54) is 18.4 Å². The molecule has 0 saturated heterocycles. The summed E-state index contributed by atoms with van der Waals surface area (Å²) >= 11 is 6.11. The maximum absolute atomic E-state index is 6.11. The second-order valence-corrected chi connectivity index (χ2v) is 5.55. The van der Waals surface area contributed by atoms with Crippen molar-refractivity contribution < 1.29 is 0 Å². The normalized spacial score (nSPS) is 24.5. The molecule has 1 aliphatic rings. The lowest BCUT2D eigenvalue weighted by Crippen LogP contribution is -2.42. The summed E-state index contributed by atoms with van der Waals surface area (Å²) in [6, 6.07) is 8.76. The van der Waals surface area contributed by atoms with Crippen LogP contribution < -0.4 is 5.32 Å². The van der Waals surface area contributed by atoms with Crippen molar-refractivity contribution in [1.82, 2.24) is 5.32 Å². The topological polar surface area (TPSA) is 12.0 Å². The number of hydrogen-bond acceptors (Lipinski definition) is 1. The molecule has 0 aliphatic heterocycles. The Morgan fingerprint density at radius 3 is 2.62 bits per heavy atom. The summed E-state index contributed by atoms with van der Waals surface area (Å²) in [6.07, 6.45) is 2.64. The zero-order valence-electron chi connectivity index (χ0n) is 10.0. The Morgan fingerprint density at radius 2 is 2.00 bits per heavy atom. The molecule has 0 atom stereocenters. The van der Waals surface area contributed by atoms with E-state index in [9.17, 15) is 0 Å². The Kier molecular flexibility index (Phi) is 3.88. The number of benzene rings is 1. The van der Waals surface area contributed by atoms with Crippen LogP contribution in [-0.4, -0.2) is 6.04 Å². The molecule has 0 unspecified atom stereocenters. The van der Waals surface area contributed by atoms with Crippen molar-refractivity contribution in [3.63, 3.8) is 0 Å². The third kappa shape index (κ3) is 2.78. The quantitative estimate of drug-likeness (QED) is 0.839. The molecule has 0 spiro atoms. The average Bonchev–Trinajstić information content (AvgIpc) is 2.17. The standard InChI is InChI=1S/C14H20ClN/c1-10(2)12-7-13(8-12)16-9-11-5-3-4-6-14(11)15/h3-6,10,12-13,16H,7-9H2,1-2H3. The minimum Gasteiger partial charge on any atom is -0.310 e. The first-order chi connectivity index (χ1) is 7.66. The second kappa shape index (κ2) is 5.20. The average molecular weight is 238 g/mol. The van der Waals surface area contributed by atoms with Crippen LogP contribution in [0.5, 0.6) is 0 Å². The molecule has 16 heavy (non-hydrogen) atoms. The fraction of sp³-hybridized carbons (Fsp3) is 0.571. The Morgan fingerprint density at radius 1 is 1.31 bits per heavy atom. The van der Waals surface area contributed by atoms with Crippen molar-refractivity contribution in [3.8, 4) is 0 Å². The molecule has 0 heterocycles. The fourth-order valence-corrected chi connectivity index (χ4v) is 2.47. The lowest BCUT2D eigenvalue weighted by molar-refractivity contribution is 0.167. The smallest absolute Gasteiger partial charge is 0.0450 e. The van der Waals surface area contributed by atoms with Gasteiger partial charge in [0.1, 0.15) is 0 Å². The maximum atomic E-state index is 6.11. The van der Waals surface area contributed by atoms with Crippen LogP contribution in [0.3, 0.4) is 0 Å². The third-order valence-corrected chi connectivity index (χ3v) is 4.03. The zero-order chi connectivity index (χ0) is 11.5. The van der Waals surface area contributed by atoms with Gasteiger partial charge in [-0.15, -0.1) is 0 Å². The summed E-state index contributed by atoms with van der Waals surface area (Å²) in [7, 11) is 0. The van der Waals surface area contributed by atoms with Crippen LogP contribution in [0.2, 0.25) is 5.02 Å². The number of hydrogen-bond donors (Lipinski definition) is 1. The highest BCUT2D eigenvalue weighted by atomic mass is 35.5. The van der Waals surface area contributed by atoms with Gasteiger partial charge in [0.05, 0.1) is 0 Å². The summed E-state index contributed by atoms with van der Waals surface area (Å²) in [5.41, 5.74) is 1.21. The molecular formula is C14H20ClN. The molecule has 0 aromatic heterocycles. The molecule has 1 aromatic rings. The molecule has 88 valence electrons. The van der Waals surface area contributed by atoms with Gasteiger partial charge in [0.2, 0.25) is 0 Å². The summed E-state index contributed by atoms with van der Waals surface area (Å²) < 4.78 is 0. The van der Waals surface area contributed by atoms with E-state index >= 15 is 0 Å². The monoisotopic (exact) mass is 237 g/mol. The van der Waals surface area contributed by atoms with Crippen LogP contribution in [0.25, 0.3) is 0 Å². The van der Waals surface area contributed by atoms with Crippen LogP contribution in [0.4, 0.5) is 0 Å².